The lowest BCUT2D eigenvalue weighted by molar-refractivity contribution is -0.120. The average molecular weight is 386 g/mol. The highest BCUT2D eigenvalue weighted by Gasteiger charge is 2.21. The molecular weight excluding hydrogens is 356 g/mol. The number of methoxy groups -OCH3 is 2. The standard InChI is InChI=1S/C22H30N2O4/c1-7-28-19-11-9-8-10-18(19)23-22(25)16(3)24(4)14-17-13-21(27-6)20(26-5)12-15(17)2/h8-13,16H,7,14H2,1-6H3,(H,23,25)/t16-/m1/s1. The fourth-order valence-electron chi connectivity index (χ4n) is 2.89. The molecular formula is C22H30N2O4. The van der Waals surface area contributed by atoms with Gasteiger partial charge in [0.2, 0.25) is 5.91 Å². The van der Waals surface area contributed by atoms with Gasteiger partial charge in [0.05, 0.1) is 32.6 Å². The Bertz CT molecular complexity index is 807. The third-order valence-corrected chi connectivity index (χ3v) is 4.75. The maximum Gasteiger partial charge on any atom is 0.241 e. The van der Waals surface area contributed by atoms with E-state index in [1.807, 2.05) is 69.1 Å². The summed E-state index contributed by atoms with van der Waals surface area (Å²) < 4.78 is 16.3. The Hall–Kier alpha value is -2.73. The van der Waals surface area contributed by atoms with Gasteiger partial charge in [-0.25, -0.2) is 0 Å². The summed E-state index contributed by atoms with van der Waals surface area (Å²) in [4.78, 5) is 14.7. The van der Waals surface area contributed by atoms with Gasteiger partial charge in [-0.05, 0) is 63.2 Å². The molecule has 1 atom stereocenters. The van der Waals surface area contributed by atoms with Gasteiger partial charge in [-0.15, -0.1) is 0 Å². The molecule has 0 heterocycles. The van der Waals surface area contributed by atoms with E-state index >= 15 is 0 Å². The number of benzene rings is 2. The molecule has 0 aliphatic carbocycles. The van der Waals surface area contributed by atoms with Crippen LogP contribution in [0.5, 0.6) is 17.2 Å². The van der Waals surface area contributed by atoms with Gasteiger partial charge in [0, 0.05) is 6.54 Å². The quantitative estimate of drug-likeness (QED) is 0.709. The largest absolute Gasteiger partial charge is 0.493 e. The van der Waals surface area contributed by atoms with E-state index in [-0.39, 0.29) is 11.9 Å². The van der Waals surface area contributed by atoms with E-state index in [2.05, 4.69) is 5.32 Å². The molecule has 0 fully saturated rings. The molecule has 1 N–H and O–H groups in total. The Labute approximate surface area is 167 Å². The normalized spacial score (nSPS) is 11.8. The molecule has 28 heavy (non-hydrogen) atoms. The summed E-state index contributed by atoms with van der Waals surface area (Å²) in [6.07, 6.45) is 0. The first-order chi connectivity index (χ1) is 13.4. The van der Waals surface area contributed by atoms with Gasteiger partial charge >= 0.3 is 0 Å². The summed E-state index contributed by atoms with van der Waals surface area (Å²) >= 11 is 0. The van der Waals surface area contributed by atoms with Gasteiger partial charge in [-0.2, -0.15) is 0 Å². The van der Waals surface area contributed by atoms with Gasteiger partial charge in [-0.1, -0.05) is 12.1 Å². The number of ether oxygens (including phenoxy) is 3. The summed E-state index contributed by atoms with van der Waals surface area (Å²) in [6, 6.07) is 11.0. The van der Waals surface area contributed by atoms with Gasteiger partial charge < -0.3 is 19.5 Å². The van der Waals surface area contributed by atoms with E-state index in [4.69, 9.17) is 14.2 Å². The Morgan fingerprint density at radius 3 is 2.39 bits per heavy atom. The summed E-state index contributed by atoms with van der Waals surface area (Å²) in [6.45, 7) is 6.97. The first-order valence-electron chi connectivity index (χ1n) is 9.35. The van der Waals surface area contributed by atoms with Crippen molar-refractivity contribution in [2.75, 3.05) is 33.2 Å². The maximum absolute atomic E-state index is 12.8. The highest BCUT2D eigenvalue weighted by Crippen LogP contribution is 2.31. The lowest BCUT2D eigenvalue weighted by atomic mass is 10.1. The number of carbonyl (C=O) groups excluding carboxylic acids is 1. The van der Waals surface area contributed by atoms with Crippen LogP contribution in [0.15, 0.2) is 36.4 Å². The minimum atomic E-state index is -0.331. The number of amides is 1. The highest BCUT2D eigenvalue weighted by molar-refractivity contribution is 5.95. The summed E-state index contributed by atoms with van der Waals surface area (Å²) in [7, 11) is 5.16. The number of rotatable bonds is 9. The van der Waals surface area contributed by atoms with Gasteiger partial charge in [0.15, 0.2) is 11.5 Å². The molecule has 0 spiro atoms. The van der Waals surface area contributed by atoms with E-state index in [0.717, 1.165) is 11.1 Å². The Morgan fingerprint density at radius 2 is 1.75 bits per heavy atom. The van der Waals surface area contributed by atoms with Crippen LogP contribution in [0.3, 0.4) is 0 Å². The molecule has 0 radical (unpaired) electrons. The van der Waals surface area contributed by atoms with Crippen molar-refractivity contribution in [3.63, 3.8) is 0 Å². The van der Waals surface area contributed by atoms with Crippen molar-refractivity contribution in [1.82, 2.24) is 4.90 Å². The molecule has 6 heteroatoms. The first kappa shape index (κ1) is 21.6. The van der Waals surface area contributed by atoms with Crippen molar-refractivity contribution in [3.8, 4) is 17.2 Å². The van der Waals surface area contributed by atoms with Crippen LogP contribution in [-0.4, -0.2) is 44.7 Å². The van der Waals surface area contributed by atoms with Crippen molar-refractivity contribution in [2.24, 2.45) is 0 Å². The lowest BCUT2D eigenvalue weighted by Crippen LogP contribution is -2.39. The third kappa shape index (κ3) is 5.16. The number of anilines is 1. The van der Waals surface area contributed by atoms with Crippen LogP contribution in [-0.2, 0) is 11.3 Å². The lowest BCUT2D eigenvalue weighted by Gasteiger charge is -2.25. The molecule has 6 nitrogen and oxygen atoms in total. The van der Waals surface area contributed by atoms with Crippen LogP contribution in [0.4, 0.5) is 5.69 Å². The molecule has 0 aliphatic rings. The molecule has 2 rings (SSSR count). The first-order valence-corrected chi connectivity index (χ1v) is 9.35. The molecule has 0 aromatic heterocycles. The van der Waals surface area contributed by atoms with E-state index in [0.29, 0.717) is 36.1 Å². The van der Waals surface area contributed by atoms with Crippen molar-refractivity contribution in [1.29, 1.82) is 0 Å². The number of hydrogen-bond acceptors (Lipinski definition) is 5. The highest BCUT2D eigenvalue weighted by atomic mass is 16.5. The fraction of sp³-hybridized carbons (Fsp3) is 0.409. The van der Waals surface area contributed by atoms with Crippen LogP contribution in [0.25, 0.3) is 0 Å². The molecule has 152 valence electrons. The fourth-order valence-corrected chi connectivity index (χ4v) is 2.89. The third-order valence-electron chi connectivity index (χ3n) is 4.75. The molecule has 2 aromatic rings. The SMILES string of the molecule is CCOc1ccccc1NC(=O)[C@@H](C)N(C)Cc1cc(OC)c(OC)cc1C. The second-order valence-corrected chi connectivity index (χ2v) is 6.64. The summed E-state index contributed by atoms with van der Waals surface area (Å²) in [5, 5.41) is 2.97. The van der Waals surface area contributed by atoms with Crippen LogP contribution in [0, 0.1) is 6.92 Å². The predicted molar refractivity (Wildman–Crippen MR) is 111 cm³/mol. The number of nitrogens with zero attached hydrogens (tertiary/aromatic N) is 1. The van der Waals surface area contributed by atoms with E-state index < -0.39 is 0 Å². The number of carbonyl (C=O) groups is 1. The van der Waals surface area contributed by atoms with Gasteiger partial charge in [-0.3, -0.25) is 9.69 Å². The minimum Gasteiger partial charge on any atom is -0.493 e. The Kier molecular flexibility index (Phi) is 7.70. The van der Waals surface area contributed by atoms with Gasteiger partial charge in [0.25, 0.3) is 0 Å². The van der Waals surface area contributed by atoms with Crippen molar-refractivity contribution < 1.29 is 19.0 Å². The zero-order chi connectivity index (χ0) is 20.7. The summed E-state index contributed by atoms with van der Waals surface area (Å²) in [5.74, 6) is 1.96. The number of nitrogens with one attached hydrogen (secondary N) is 1. The second kappa shape index (κ2) is 9.99. The Balaban J connectivity index is 2.10. The van der Waals surface area contributed by atoms with Crippen molar-refractivity contribution in [3.05, 3.63) is 47.5 Å². The smallest absolute Gasteiger partial charge is 0.241 e. The molecule has 0 aliphatic heterocycles. The average Bonchev–Trinajstić information content (AvgIpc) is 2.70. The number of likely N-dealkylation sites (N-methyl/N-ethyl adjacent to an activating group) is 1. The molecule has 2 aromatic carbocycles. The minimum absolute atomic E-state index is 0.0900. The molecule has 1 amide bonds. The Morgan fingerprint density at radius 1 is 1.11 bits per heavy atom. The van der Waals surface area contributed by atoms with E-state index in [9.17, 15) is 4.79 Å². The number of aryl methyl sites for hydroxylation is 1. The number of para-hydroxylation sites is 2. The van der Waals surface area contributed by atoms with Crippen LogP contribution in [0.2, 0.25) is 0 Å². The molecule has 0 saturated heterocycles. The predicted octanol–water partition coefficient (Wildman–Crippen LogP) is 3.87. The van der Waals surface area contributed by atoms with Crippen LogP contribution < -0.4 is 19.5 Å². The monoisotopic (exact) mass is 386 g/mol. The molecule has 0 bridgehead atoms. The zero-order valence-corrected chi connectivity index (χ0v) is 17.5. The second-order valence-electron chi connectivity index (χ2n) is 6.64. The van der Waals surface area contributed by atoms with Gasteiger partial charge in [0.1, 0.15) is 5.75 Å². The summed E-state index contributed by atoms with van der Waals surface area (Å²) in [5.41, 5.74) is 2.84. The van der Waals surface area contributed by atoms with Crippen LogP contribution in [0.1, 0.15) is 25.0 Å². The van der Waals surface area contributed by atoms with Crippen molar-refractivity contribution in [2.45, 2.75) is 33.4 Å². The molecule has 0 saturated carbocycles. The topological polar surface area (TPSA) is 60.0 Å². The zero-order valence-electron chi connectivity index (χ0n) is 17.5. The van der Waals surface area contributed by atoms with Crippen LogP contribution >= 0.6 is 0 Å². The van der Waals surface area contributed by atoms with E-state index in [1.54, 1.807) is 14.2 Å². The van der Waals surface area contributed by atoms with E-state index in [1.165, 1.54) is 0 Å². The molecule has 0 unspecified atom stereocenters. The number of hydrogen-bond donors (Lipinski definition) is 1. The maximum atomic E-state index is 12.8. The van der Waals surface area contributed by atoms with Crippen molar-refractivity contribution >= 4 is 11.6 Å².